The Balaban J connectivity index is 1.76. The molecule has 2 heterocycles. The van der Waals surface area contributed by atoms with Gasteiger partial charge in [-0.2, -0.15) is 0 Å². The Morgan fingerprint density at radius 3 is 3.12 bits per heavy atom. The second-order valence-electron chi connectivity index (χ2n) is 4.41. The molecule has 1 atom stereocenters. The smallest absolute Gasteiger partial charge is 0.261 e. The van der Waals surface area contributed by atoms with Crippen molar-refractivity contribution in [3.8, 4) is 0 Å². The van der Waals surface area contributed by atoms with Crippen LogP contribution in [0, 0.1) is 6.92 Å². The molecule has 2 rings (SSSR count). The molecule has 1 unspecified atom stereocenters. The van der Waals surface area contributed by atoms with Crippen molar-refractivity contribution in [3.05, 3.63) is 20.3 Å². The van der Waals surface area contributed by atoms with Gasteiger partial charge >= 0.3 is 0 Å². The maximum Gasteiger partial charge on any atom is 0.261 e. The Labute approximate surface area is 114 Å². The van der Waals surface area contributed by atoms with Gasteiger partial charge in [0.15, 0.2) is 0 Å². The van der Waals surface area contributed by atoms with E-state index < -0.39 is 0 Å². The molecular weight excluding hydrogens is 300 g/mol. The first-order valence-corrected chi connectivity index (χ1v) is 7.55. The minimum Gasteiger partial charge on any atom is -0.351 e. The Morgan fingerprint density at radius 1 is 1.71 bits per heavy atom. The molecule has 5 heteroatoms. The molecule has 1 aliphatic heterocycles. The molecule has 0 aromatic carbocycles. The highest BCUT2D eigenvalue weighted by Gasteiger charge is 2.15. The third-order valence-corrected chi connectivity index (χ3v) is 5.16. The van der Waals surface area contributed by atoms with Gasteiger partial charge in [-0.15, -0.1) is 11.3 Å². The van der Waals surface area contributed by atoms with Gasteiger partial charge in [0.05, 0.1) is 8.66 Å². The van der Waals surface area contributed by atoms with Crippen LogP contribution in [0.2, 0.25) is 0 Å². The number of carbonyl (C=O) groups excluding carboxylic acids is 1. The maximum absolute atomic E-state index is 11.8. The lowest BCUT2D eigenvalue weighted by Gasteiger charge is -2.09. The minimum absolute atomic E-state index is 0.0433. The molecule has 1 saturated heterocycles. The molecule has 0 spiro atoms. The molecule has 17 heavy (non-hydrogen) atoms. The van der Waals surface area contributed by atoms with Crippen molar-refractivity contribution in [2.24, 2.45) is 0 Å². The Kier molecular flexibility index (Phi) is 4.59. The highest BCUT2D eigenvalue weighted by Crippen LogP contribution is 2.27. The van der Waals surface area contributed by atoms with Gasteiger partial charge in [-0.3, -0.25) is 4.79 Å². The number of hydrogen-bond donors (Lipinski definition) is 2. The van der Waals surface area contributed by atoms with E-state index in [-0.39, 0.29) is 5.91 Å². The molecule has 1 aromatic heterocycles. The van der Waals surface area contributed by atoms with Crippen LogP contribution in [0.1, 0.15) is 34.5 Å². The van der Waals surface area contributed by atoms with Crippen molar-refractivity contribution in [3.63, 3.8) is 0 Å². The molecule has 1 amide bonds. The normalized spacial score (nSPS) is 19.5. The molecule has 1 fully saturated rings. The molecule has 0 radical (unpaired) electrons. The Bertz CT molecular complexity index is 380. The second-order valence-corrected chi connectivity index (χ2v) is 6.78. The zero-order valence-corrected chi connectivity index (χ0v) is 12.3. The fraction of sp³-hybridized carbons (Fsp3) is 0.583. The van der Waals surface area contributed by atoms with Crippen LogP contribution >= 0.6 is 27.3 Å². The summed E-state index contributed by atoms with van der Waals surface area (Å²) in [6.45, 7) is 3.88. The third kappa shape index (κ3) is 3.53. The SMILES string of the molecule is Cc1cc(C(=O)NCCC2CCCN2)sc1Br. The number of carbonyl (C=O) groups is 1. The van der Waals surface area contributed by atoms with E-state index in [4.69, 9.17) is 0 Å². The molecule has 0 bridgehead atoms. The van der Waals surface area contributed by atoms with E-state index in [0.29, 0.717) is 6.04 Å². The Hall–Kier alpha value is -0.390. The van der Waals surface area contributed by atoms with Gasteiger partial charge in [0.1, 0.15) is 0 Å². The van der Waals surface area contributed by atoms with Gasteiger partial charge in [0, 0.05) is 12.6 Å². The van der Waals surface area contributed by atoms with Crippen LogP contribution in [0.15, 0.2) is 9.85 Å². The summed E-state index contributed by atoms with van der Waals surface area (Å²) in [4.78, 5) is 12.6. The van der Waals surface area contributed by atoms with E-state index in [1.807, 2.05) is 13.0 Å². The molecule has 1 aliphatic rings. The van der Waals surface area contributed by atoms with E-state index in [9.17, 15) is 4.79 Å². The van der Waals surface area contributed by atoms with Crippen molar-refractivity contribution >= 4 is 33.2 Å². The van der Waals surface area contributed by atoms with E-state index in [1.54, 1.807) is 0 Å². The van der Waals surface area contributed by atoms with E-state index in [2.05, 4.69) is 26.6 Å². The standard InChI is InChI=1S/C12H17BrN2OS/c1-8-7-10(17-11(8)13)12(16)15-6-4-9-3-2-5-14-9/h7,9,14H,2-6H2,1H3,(H,15,16). The molecule has 1 aromatic rings. The predicted octanol–water partition coefficient (Wildman–Crippen LogP) is 2.69. The zero-order chi connectivity index (χ0) is 12.3. The van der Waals surface area contributed by atoms with Crippen LogP contribution < -0.4 is 10.6 Å². The van der Waals surface area contributed by atoms with Crippen LogP contribution in [0.4, 0.5) is 0 Å². The summed E-state index contributed by atoms with van der Waals surface area (Å²) in [6.07, 6.45) is 3.52. The summed E-state index contributed by atoms with van der Waals surface area (Å²) >= 11 is 4.93. The van der Waals surface area contributed by atoms with E-state index in [1.165, 1.54) is 24.2 Å². The summed E-state index contributed by atoms with van der Waals surface area (Å²) in [5.41, 5.74) is 1.12. The average molecular weight is 317 g/mol. The van der Waals surface area contributed by atoms with Crippen molar-refractivity contribution in [1.82, 2.24) is 10.6 Å². The van der Waals surface area contributed by atoms with Crippen molar-refractivity contribution < 1.29 is 4.79 Å². The highest BCUT2D eigenvalue weighted by atomic mass is 79.9. The van der Waals surface area contributed by atoms with Crippen LogP contribution in [-0.4, -0.2) is 25.0 Å². The van der Waals surface area contributed by atoms with Gasteiger partial charge in [0.2, 0.25) is 0 Å². The topological polar surface area (TPSA) is 41.1 Å². The van der Waals surface area contributed by atoms with Gasteiger partial charge in [0.25, 0.3) is 5.91 Å². The van der Waals surface area contributed by atoms with Crippen LogP contribution in [0.5, 0.6) is 0 Å². The predicted molar refractivity (Wildman–Crippen MR) is 74.7 cm³/mol. The molecule has 2 N–H and O–H groups in total. The lowest BCUT2D eigenvalue weighted by atomic mass is 10.1. The van der Waals surface area contributed by atoms with Crippen LogP contribution in [-0.2, 0) is 0 Å². The van der Waals surface area contributed by atoms with Gasteiger partial charge < -0.3 is 10.6 Å². The van der Waals surface area contributed by atoms with Crippen molar-refractivity contribution in [2.75, 3.05) is 13.1 Å². The molecular formula is C12H17BrN2OS. The first kappa shape index (κ1) is 13.1. The second kappa shape index (κ2) is 5.98. The number of hydrogen-bond acceptors (Lipinski definition) is 3. The summed E-state index contributed by atoms with van der Waals surface area (Å²) in [5, 5.41) is 6.40. The zero-order valence-electron chi connectivity index (χ0n) is 9.88. The van der Waals surface area contributed by atoms with Crippen LogP contribution in [0.25, 0.3) is 0 Å². The van der Waals surface area contributed by atoms with Gasteiger partial charge in [-0.1, -0.05) is 0 Å². The van der Waals surface area contributed by atoms with Crippen LogP contribution in [0.3, 0.4) is 0 Å². The third-order valence-electron chi connectivity index (χ3n) is 3.02. The number of aryl methyl sites for hydroxylation is 1. The quantitative estimate of drug-likeness (QED) is 0.896. The first-order valence-electron chi connectivity index (χ1n) is 5.94. The van der Waals surface area contributed by atoms with Gasteiger partial charge in [-0.25, -0.2) is 0 Å². The number of amides is 1. The summed E-state index contributed by atoms with van der Waals surface area (Å²) < 4.78 is 1.04. The fourth-order valence-corrected chi connectivity index (χ4v) is 3.47. The molecule has 0 saturated carbocycles. The van der Waals surface area contributed by atoms with Crippen molar-refractivity contribution in [2.45, 2.75) is 32.2 Å². The molecule has 3 nitrogen and oxygen atoms in total. The van der Waals surface area contributed by atoms with Gasteiger partial charge in [-0.05, 0) is 60.3 Å². The number of thiophene rings is 1. The summed E-state index contributed by atoms with van der Waals surface area (Å²) in [7, 11) is 0. The lowest BCUT2D eigenvalue weighted by molar-refractivity contribution is 0.0956. The summed E-state index contributed by atoms with van der Waals surface area (Å²) in [5.74, 6) is 0.0433. The van der Waals surface area contributed by atoms with Crippen molar-refractivity contribution in [1.29, 1.82) is 0 Å². The lowest BCUT2D eigenvalue weighted by Crippen LogP contribution is -2.30. The summed E-state index contributed by atoms with van der Waals surface area (Å²) in [6, 6.07) is 2.52. The highest BCUT2D eigenvalue weighted by molar-refractivity contribution is 9.11. The first-order chi connectivity index (χ1) is 8.16. The number of nitrogens with one attached hydrogen (secondary N) is 2. The monoisotopic (exact) mass is 316 g/mol. The van der Waals surface area contributed by atoms with E-state index in [0.717, 1.165) is 33.7 Å². The average Bonchev–Trinajstić information content (AvgIpc) is 2.90. The molecule has 94 valence electrons. The van der Waals surface area contributed by atoms with E-state index >= 15 is 0 Å². The largest absolute Gasteiger partial charge is 0.351 e. The fourth-order valence-electron chi connectivity index (χ4n) is 2.02. The number of halogens is 1. The number of rotatable bonds is 4. The minimum atomic E-state index is 0.0433. The Morgan fingerprint density at radius 2 is 2.53 bits per heavy atom. The maximum atomic E-state index is 11.8. The molecule has 0 aliphatic carbocycles.